The summed E-state index contributed by atoms with van der Waals surface area (Å²) in [5, 5.41) is 0.641. The van der Waals surface area contributed by atoms with Crippen molar-refractivity contribution in [3.05, 3.63) is 64.4 Å². The summed E-state index contributed by atoms with van der Waals surface area (Å²) in [7, 11) is 0. The van der Waals surface area contributed by atoms with Crippen LogP contribution in [0.15, 0.2) is 47.5 Å². The van der Waals surface area contributed by atoms with E-state index in [9.17, 15) is 4.39 Å². The van der Waals surface area contributed by atoms with Crippen LogP contribution in [0.1, 0.15) is 17.2 Å². The van der Waals surface area contributed by atoms with Crippen LogP contribution >= 0.6 is 11.6 Å². The summed E-state index contributed by atoms with van der Waals surface area (Å²) < 4.78 is 13.3. The third-order valence-electron chi connectivity index (χ3n) is 3.66. The van der Waals surface area contributed by atoms with Gasteiger partial charge in [0, 0.05) is 10.7 Å². The maximum absolute atomic E-state index is 13.3. The SMILES string of the molecule is Cc1cc(F)ccc1C1CN=C(N)N1c1cccc(Cl)c1. The molecule has 0 saturated heterocycles. The van der Waals surface area contributed by atoms with Crippen molar-refractivity contribution in [2.75, 3.05) is 11.4 Å². The Hall–Kier alpha value is -2.07. The predicted molar refractivity (Wildman–Crippen MR) is 84.3 cm³/mol. The van der Waals surface area contributed by atoms with Crippen LogP contribution < -0.4 is 10.6 Å². The van der Waals surface area contributed by atoms with E-state index in [1.807, 2.05) is 36.1 Å². The van der Waals surface area contributed by atoms with Crippen molar-refractivity contribution < 1.29 is 4.39 Å². The summed E-state index contributed by atoms with van der Waals surface area (Å²) in [6.45, 7) is 2.44. The lowest BCUT2D eigenvalue weighted by atomic mass is 10.00. The van der Waals surface area contributed by atoms with Gasteiger partial charge in [0.15, 0.2) is 5.96 Å². The number of aliphatic imine (C=N–C) groups is 1. The van der Waals surface area contributed by atoms with Crippen molar-refractivity contribution in [2.24, 2.45) is 10.7 Å². The van der Waals surface area contributed by atoms with Crippen LogP contribution in [-0.4, -0.2) is 12.5 Å². The maximum Gasteiger partial charge on any atom is 0.196 e. The first-order valence-electron chi connectivity index (χ1n) is 6.67. The van der Waals surface area contributed by atoms with E-state index in [1.165, 1.54) is 12.1 Å². The Morgan fingerprint density at radius 2 is 2.10 bits per heavy atom. The Bertz CT molecular complexity index is 714. The normalized spacial score (nSPS) is 18.0. The zero-order valence-corrected chi connectivity index (χ0v) is 12.3. The third kappa shape index (κ3) is 2.59. The number of hydrogen-bond donors (Lipinski definition) is 1. The first-order valence-corrected chi connectivity index (χ1v) is 7.05. The molecule has 2 aromatic carbocycles. The zero-order valence-electron chi connectivity index (χ0n) is 11.6. The fraction of sp³-hybridized carbons (Fsp3) is 0.188. The summed E-state index contributed by atoms with van der Waals surface area (Å²) in [5.41, 5.74) is 8.81. The van der Waals surface area contributed by atoms with E-state index in [1.54, 1.807) is 6.07 Å². The first kappa shape index (κ1) is 13.9. The number of aryl methyl sites for hydroxylation is 1. The van der Waals surface area contributed by atoms with Crippen LogP contribution in [-0.2, 0) is 0 Å². The van der Waals surface area contributed by atoms with Gasteiger partial charge in [0.1, 0.15) is 5.82 Å². The Morgan fingerprint density at radius 1 is 1.29 bits per heavy atom. The second-order valence-electron chi connectivity index (χ2n) is 5.07. The molecule has 1 aliphatic rings. The number of guanidine groups is 1. The second-order valence-corrected chi connectivity index (χ2v) is 5.50. The average Bonchev–Trinajstić information content (AvgIpc) is 2.80. The highest BCUT2D eigenvalue weighted by Crippen LogP contribution is 2.33. The fourth-order valence-corrected chi connectivity index (χ4v) is 2.87. The summed E-state index contributed by atoms with van der Waals surface area (Å²) in [5.74, 6) is 0.212. The molecule has 0 saturated carbocycles. The summed E-state index contributed by atoms with van der Waals surface area (Å²) in [6, 6.07) is 12.2. The van der Waals surface area contributed by atoms with Crippen LogP contribution in [0.2, 0.25) is 5.02 Å². The molecule has 0 radical (unpaired) electrons. The fourth-order valence-electron chi connectivity index (χ4n) is 2.69. The molecule has 5 heteroatoms. The molecule has 1 unspecified atom stereocenters. The van der Waals surface area contributed by atoms with E-state index in [-0.39, 0.29) is 11.9 Å². The minimum Gasteiger partial charge on any atom is -0.369 e. The van der Waals surface area contributed by atoms with Crippen LogP contribution in [0, 0.1) is 12.7 Å². The predicted octanol–water partition coefficient (Wildman–Crippen LogP) is 3.66. The van der Waals surface area contributed by atoms with Crippen molar-refractivity contribution in [2.45, 2.75) is 13.0 Å². The van der Waals surface area contributed by atoms with Crippen LogP contribution in [0.5, 0.6) is 0 Å². The lowest BCUT2D eigenvalue weighted by Crippen LogP contribution is -2.36. The average molecular weight is 304 g/mol. The van der Waals surface area contributed by atoms with E-state index in [0.717, 1.165) is 16.8 Å². The molecular weight excluding hydrogens is 289 g/mol. The van der Waals surface area contributed by atoms with Crippen LogP contribution in [0.3, 0.4) is 0 Å². The quantitative estimate of drug-likeness (QED) is 0.920. The number of nitrogens with zero attached hydrogens (tertiary/aromatic N) is 2. The number of nitrogens with two attached hydrogens (primary N) is 1. The molecule has 0 amide bonds. The highest BCUT2D eigenvalue weighted by Gasteiger charge is 2.29. The van der Waals surface area contributed by atoms with Gasteiger partial charge in [-0.05, 0) is 48.4 Å². The number of halogens is 2. The van der Waals surface area contributed by atoms with E-state index in [0.29, 0.717) is 17.5 Å². The highest BCUT2D eigenvalue weighted by molar-refractivity contribution is 6.30. The molecule has 0 aromatic heterocycles. The Balaban J connectivity index is 2.03. The Kier molecular flexibility index (Phi) is 3.55. The molecule has 1 aliphatic heterocycles. The third-order valence-corrected chi connectivity index (χ3v) is 3.90. The number of hydrogen-bond acceptors (Lipinski definition) is 3. The van der Waals surface area contributed by atoms with Gasteiger partial charge >= 0.3 is 0 Å². The van der Waals surface area contributed by atoms with Gasteiger partial charge in [-0.3, -0.25) is 4.99 Å². The molecule has 3 rings (SSSR count). The van der Waals surface area contributed by atoms with Gasteiger partial charge in [-0.2, -0.15) is 0 Å². The van der Waals surface area contributed by atoms with Crippen LogP contribution in [0.4, 0.5) is 10.1 Å². The van der Waals surface area contributed by atoms with Crippen molar-refractivity contribution in [3.63, 3.8) is 0 Å². The molecular formula is C16H15ClFN3. The standard InChI is InChI=1S/C16H15ClFN3/c1-10-7-12(18)5-6-14(10)15-9-20-16(19)21(15)13-4-2-3-11(17)8-13/h2-8,15H,9H2,1H3,(H2,19,20). The molecule has 1 atom stereocenters. The summed E-state index contributed by atoms with van der Waals surface area (Å²) in [4.78, 5) is 6.27. The molecule has 0 spiro atoms. The smallest absolute Gasteiger partial charge is 0.196 e. The van der Waals surface area contributed by atoms with E-state index in [2.05, 4.69) is 4.99 Å². The van der Waals surface area contributed by atoms with E-state index in [4.69, 9.17) is 17.3 Å². The molecule has 108 valence electrons. The van der Waals surface area contributed by atoms with Crippen LogP contribution in [0.25, 0.3) is 0 Å². The Morgan fingerprint density at radius 3 is 2.81 bits per heavy atom. The molecule has 21 heavy (non-hydrogen) atoms. The molecule has 1 heterocycles. The second kappa shape index (κ2) is 5.37. The topological polar surface area (TPSA) is 41.6 Å². The number of benzene rings is 2. The van der Waals surface area contributed by atoms with E-state index < -0.39 is 0 Å². The molecule has 3 nitrogen and oxygen atoms in total. The van der Waals surface area contributed by atoms with Crippen molar-refractivity contribution in [1.29, 1.82) is 0 Å². The largest absolute Gasteiger partial charge is 0.369 e. The number of anilines is 1. The lowest BCUT2D eigenvalue weighted by molar-refractivity contribution is 0.623. The Labute approximate surface area is 127 Å². The number of rotatable bonds is 2. The minimum absolute atomic E-state index is 0.0379. The van der Waals surface area contributed by atoms with Gasteiger partial charge in [0.25, 0.3) is 0 Å². The molecule has 0 bridgehead atoms. The monoisotopic (exact) mass is 303 g/mol. The van der Waals surface area contributed by atoms with Gasteiger partial charge in [-0.1, -0.05) is 23.7 Å². The molecule has 2 aromatic rings. The van der Waals surface area contributed by atoms with Crippen molar-refractivity contribution in [1.82, 2.24) is 0 Å². The minimum atomic E-state index is -0.238. The summed E-state index contributed by atoms with van der Waals surface area (Å²) >= 11 is 6.06. The molecule has 2 N–H and O–H groups in total. The van der Waals surface area contributed by atoms with Gasteiger partial charge in [0.2, 0.25) is 0 Å². The van der Waals surface area contributed by atoms with Gasteiger partial charge < -0.3 is 10.6 Å². The van der Waals surface area contributed by atoms with Gasteiger partial charge in [-0.25, -0.2) is 4.39 Å². The maximum atomic E-state index is 13.3. The lowest BCUT2D eigenvalue weighted by Gasteiger charge is -2.27. The highest BCUT2D eigenvalue weighted by atomic mass is 35.5. The first-order chi connectivity index (χ1) is 10.1. The zero-order chi connectivity index (χ0) is 15.0. The molecule has 0 aliphatic carbocycles. The summed E-state index contributed by atoms with van der Waals surface area (Å²) in [6.07, 6.45) is 0. The van der Waals surface area contributed by atoms with Crippen molar-refractivity contribution in [3.8, 4) is 0 Å². The molecule has 0 fully saturated rings. The van der Waals surface area contributed by atoms with Gasteiger partial charge in [0.05, 0.1) is 12.6 Å². The van der Waals surface area contributed by atoms with E-state index >= 15 is 0 Å². The van der Waals surface area contributed by atoms with Crippen molar-refractivity contribution >= 4 is 23.2 Å². The van der Waals surface area contributed by atoms with Gasteiger partial charge in [-0.15, -0.1) is 0 Å².